The molecule has 0 unspecified atom stereocenters. The van der Waals surface area contributed by atoms with Crippen molar-refractivity contribution in [2.24, 2.45) is 0 Å². The summed E-state index contributed by atoms with van der Waals surface area (Å²) in [5.41, 5.74) is 2.68. The molecule has 84 valence electrons. The first-order valence-corrected chi connectivity index (χ1v) is 5.72. The third-order valence-electron chi connectivity index (χ3n) is 2.76. The lowest BCUT2D eigenvalue weighted by Crippen LogP contribution is -2.02. The fraction of sp³-hybridized carbons (Fsp3) is 0.385. The van der Waals surface area contributed by atoms with E-state index in [9.17, 15) is 0 Å². The lowest BCUT2D eigenvalue weighted by atomic mass is 10.1. The van der Waals surface area contributed by atoms with Gasteiger partial charge in [-0.3, -0.25) is 0 Å². The van der Waals surface area contributed by atoms with Gasteiger partial charge in [0.1, 0.15) is 12.2 Å². The van der Waals surface area contributed by atoms with E-state index < -0.39 is 0 Å². The Bertz CT molecular complexity index is 460. The summed E-state index contributed by atoms with van der Waals surface area (Å²) in [4.78, 5) is 0. The second-order valence-corrected chi connectivity index (χ2v) is 4.02. The van der Waals surface area contributed by atoms with Crippen LogP contribution in [0.2, 0.25) is 0 Å². The maximum atomic E-state index is 4.14. The zero-order chi connectivity index (χ0) is 11.4. The molecule has 0 aliphatic heterocycles. The van der Waals surface area contributed by atoms with Crippen molar-refractivity contribution in [3.8, 4) is 0 Å². The Hall–Kier alpha value is -1.64. The van der Waals surface area contributed by atoms with Gasteiger partial charge in [-0.1, -0.05) is 29.8 Å². The summed E-state index contributed by atoms with van der Waals surface area (Å²) < 4.78 is 2.09. The molecular formula is C13H17N3. The Morgan fingerprint density at radius 2 is 2.12 bits per heavy atom. The highest BCUT2D eigenvalue weighted by molar-refractivity contribution is 5.22. The van der Waals surface area contributed by atoms with Crippen molar-refractivity contribution in [3.63, 3.8) is 0 Å². The number of nitrogens with zero attached hydrogens (tertiary/aromatic N) is 3. The summed E-state index contributed by atoms with van der Waals surface area (Å²) in [5, 5.41) is 8.07. The van der Waals surface area contributed by atoms with Crippen molar-refractivity contribution in [1.82, 2.24) is 14.8 Å². The van der Waals surface area contributed by atoms with E-state index in [1.54, 1.807) is 6.33 Å². The van der Waals surface area contributed by atoms with E-state index in [0.717, 1.165) is 25.2 Å². The van der Waals surface area contributed by atoms with E-state index in [0.29, 0.717) is 0 Å². The molecule has 0 saturated carbocycles. The van der Waals surface area contributed by atoms with Crippen LogP contribution in [0, 0.1) is 6.92 Å². The van der Waals surface area contributed by atoms with E-state index in [2.05, 4.69) is 52.9 Å². The van der Waals surface area contributed by atoms with Crippen LogP contribution in [0.25, 0.3) is 0 Å². The van der Waals surface area contributed by atoms with Gasteiger partial charge >= 0.3 is 0 Å². The summed E-state index contributed by atoms with van der Waals surface area (Å²) in [6.45, 7) is 5.17. The molecule has 3 heteroatoms. The first-order chi connectivity index (χ1) is 7.79. The molecule has 3 nitrogen and oxygen atoms in total. The molecule has 0 aliphatic rings. The summed E-state index contributed by atoms with van der Waals surface area (Å²) >= 11 is 0. The molecule has 0 amide bonds. The van der Waals surface area contributed by atoms with Crippen molar-refractivity contribution < 1.29 is 0 Å². The number of rotatable bonds is 4. The minimum Gasteiger partial charge on any atom is -0.318 e. The maximum Gasteiger partial charge on any atom is 0.133 e. The molecule has 1 aromatic carbocycles. The zero-order valence-corrected chi connectivity index (χ0v) is 9.85. The monoisotopic (exact) mass is 215 g/mol. The highest BCUT2D eigenvalue weighted by atomic mass is 15.3. The quantitative estimate of drug-likeness (QED) is 0.784. The van der Waals surface area contributed by atoms with Crippen molar-refractivity contribution in [1.29, 1.82) is 0 Å². The minimum absolute atomic E-state index is 0.941. The van der Waals surface area contributed by atoms with Crippen LogP contribution in [0.15, 0.2) is 30.6 Å². The Kier molecular flexibility index (Phi) is 3.34. The molecule has 0 N–H and O–H groups in total. The van der Waals surface area contributed by atoms with Crippen LogP contribution in [0.3, 0.4) is 0 Å². The first kappa shape index (κ1) is 10.9. The van der Waals surface area contributed by atoms with E-state index in [-0.39, 0.29) is 0 Å². The number of hydrogen-bond acceptors (Lipinski definition) is 2. The van der Waals surface area contributed by atoms with Gasteiger partial charge < -0.3 is 4.57 Å². The molecular weight excluding hydrogens is 198 g/mol. The second-order valence-electron chi connectivity index (χ2n) is 4.02. The summed E-state index contributed by atoms with van der Waals surface area (Å²) in [6, 6.07) is 8.62. The van der Waals surface area contributed by atoms with Gasteiger partial charge in [0.2, 0.25) is 0 Å². The number of aryl methyl sites for hydroxylation is 4. The second kappa shape index (κ2) is 4.92. The van der Waals surface area contributed by atoms with Crippen LogP contribution >= 0.6 is 0 Å². The molecule has 0 radical (unpaired) electrons. The van der Waals surface area contributed by atoms with Gasteiger partial charge in [-0.2, -0.15) is 0 Å². The molecule has 1 heterocycles. The van der Waals surface area contributed by atoms with Gasteiger partial charge in [0.05, 0.1) is 0 Å². The smallest absolute Gasteiger partial charge is 0.133 e. The van der Waals surface area contributed by atoms with Crippen molar-refractivity contribution >= 4 is 0 Å². The molecule has 0 saturated heterocycles. The van der Waals surface area contributed by atoms with Gasteiger partial charge in [0.25, 0.3) is 0 Å². The zero-order valence-electron chi connectivity index (χ0n) is 9.85. The lowest BCUT2D eigenvalue weighted by Gasteiger charge is -2.04. The molecule has 2 rings (SSSR count). The van der Waals surface area contributed by atoms with E-state index in [1.165, 1.54) is 11.1 Å². The van der Waals surface area contributed by atoms with Crippen LogP contribution in [-0.2, 0) is 19.4 Å². The van der Waals surface area contributed by atoms with Gasteiger partial charge in [0.15, 0.2) is 0 Å². The third-order valence-corrected chi connectivity index (χ3v) is 2.76. The average Bonchev–Trinajstić information content (AvgIpc) is 2.74. The molecule has 1 aromatic heterocycles. The van der Waals surface area contributed by atoms with E-state index >= 15 is 0 Å². The standard InChI is InChI=1S/C13H17N3/c1-3-16-10-14-15-13(16)8-7-12-6-4-5-11(2)9-12/h4-6,9-10H,3,7-8H2,1-2H3. The normalized spacial score (nSPS) is 10.6. The van der Waals surface area contributed by atoms with Gasteiger partial charge in [0, 0.05) is 13.0 Å². The number of hydrogen-bond donors (Lipinski definition) is 0. The van der Waals surface area contributed by atoms with Gasteiger partial charge in [-0.05, 0) is 25.8 Å². The molecule has 2 aromatic rings. The fourth-order valence-electron chi connectivity index (χ4n) is 1.86. The van der Waals surface area contributed by atoms with Crippen LogP contribution in [-0.4, -0.2) is 14.8 Å². The Morgan fingerprint density at radius 3 is 2.88 bits per heavy atom. The molecule has 0 aliphatic carbocycles. The largest absolute Gasteiger partial charge is 0.318 e. The van der Waals surface area contributed by atoms with Crippen molar-refractivity contribution in [3.05, 3.63) is 47.5 Å². The molecule has 0 bridgehead atoms. The maximum absolute atomic E-state index is 4.14. The summed E-state index contributed by atoms with van der Waals surface area (Å²) in [5.74, 6) is 1.07. The summed E-state index contributed by atoms with van der Waals surface area (Å²) in [7, 11) is 0. The van der Waals surface area contributed by atoms with Crippen LogP contribution in [0.5, 0.6) is 0 Å². The van der Waals surface area contributed by atoms with Gasteiger partial charge in [-0.15, -0.1) is 10.2 Å². The predicted octanol–water partition coefficient (Wildman–Crippen LogP) is 2.39. The van der Waals surface area contributed by atoms with Crippen LogP contribution < -0.4 is 0 Å². The SMILES string of the molecule is CCn1cnnc1CCc1cccc(C)c1. The van der Waals surface area contributed by atoms with E-state index in [1.807, 2.05) is 0 Å². The number of aromatic nitrogens is 3. The Labute approximate surface area is 96.1 Å². The minimum atomic E-state index is 0.941. The van der Waals surface area contributed by atoms with Crippen molar-refractivity contribution in [2.75, 3.05) is 0 Å². The first-order valence-electron chi connectivity index (χ1n) is 5.72. The molecule has 0 fully saturated rings. The predicted molar refractivity (Wildman–Crippen MR) is 64.3 cm³/mol. The third kappa shape index (κ3) is 2.48. The van der Waals surface area contributed by atoms with Crippen molar-refractivity contribution in [2.45, 2.75) is 33.2 Å². The lowest BCUT2D eigenvalue weighted by molar-refractivity contribution is 0.689. The molecule has 0 spiro atoms. The number of benzene rings is 1. The molecule has 0 atom stereocenters. The molecule has 16 heavy (non-hydrogen) atoms. The Balaban J connectivity index is 2.02. The topological polar surface area (TPSA) is 30.7 Å². The van der Waals surface area contributed by atoms with Crippen LogP contribution in [0.1, 0.15) is 23.9 Å². The average molecular weight is 215 g/mol. The summed E-state index contributed by atoms with van der Waals surface area (Å²) in [6.07, 6.45) is 3.78. The Morgan fingerprint density at radius 1 is 1.25 bits per heavy atom. The fourth-order valence-corrected chi connectivity index (χ4v) is 1.86. The van der Waals surface area contributed by atoms with Gasteiger partial charge in [-0.25, -0.2) is 0 Å². The highest BCUT2D eigenvalue weighted by Gasteiger charge is 2.02. The van der Waals surface area contributed by atoms with Crippen LogP contribution in [0.4, 0.5) is 0 Å². The van der Waals surface area contributed by atoms with E-state index in [4.69, 9.17) is 0 Å². The highest BCUT2D eigenvalue weighted by Crippen LogP contribution is 2.07.